The molecule has 2 unspecified atom stereocenters. The van der Waals surface area contributed by atoms with Gasteiger partial charge in [0, 0.05) is 24.1 Å². The Kier molecular flexibility index (Phi) is 3.95. The maximum absolute atomic E-state index is 11.6. The molecule has 3 heteroatoms. The number of hydrogen-bond acceptors (Lipinski definition) is 3. The fraction of sp³-hybridized carbons (Fsp3) is 0.667. The van der Waals surface area contributed by atoms with Crippen LogP contribution in [0, 0.1) is 5.92 Å². The van der Waals surface area contributed by atoms with Gasteiger partial charge in [0.25, 0.3) is 0 Å². The molecule has 24 heavy (non-hydrogen) atoms. The van der Waals surface area contributed by atoms with Gasteiger partial charge in [0.05, 0.1) is 0 Å². The molecule has 2 atom stereocenters. The first-order valence-corrected chi connectivity index (χ1v) is 9.67. The van der Waals surface area contributed by atoms with Crippen molar-refractivity contribution in [3.05, 3.63) is 29.3 Å². The number of phenolic OH excluding ortho intramolecular Hbond substituents is 1. The van der Waals surface area contributed by atoms with Crippen LogP contribution < -0.4 is 0 Å². The van der Waals surface area contributed by atoms with Gasteiger partial charge in [-0.15, -0.1) is 0 Å². The average molecular weight is 327 g/mol. The van der Waals surface area contributed by atoms with Crippen molar-refractivity contribution in [1.82, 2.24) is 0 Å². The molecule has 2 N–H and O–H groups in total. The normalized spacial score (nSPS) is 34.5. The second-order valence-electron chi connectivity index (χ2n) is 8.11. The quantitative estimate of drug-likeness (QED) is 0.873. The fourth-order valence-corrected chi connectivity index (χ4v) is 5.11. The minimum atomic E-state index is -0.785. The van der Waals surface area contributed by atoms with E-state index in [2.05, 4.69) is 6.92 Å². The molecule has 0 aliphatic heterocycles. The van der Waals surface area contributed by atoms with Crippen LogP contribution in [-0.2, 0) is 11.8 Å². The Hall–Kier alpha value is -1.35. The van der Waals surface area contributed by atoms with E-state index in [-0.39, 0.29) is 5.41 Å². The number of fused-ring (bicyclic) bond motifs is 1. The third-order valence-corrected chi connectivity index (χ3v) is 6.89. The summed E-state index contributed by atoms with van der Waals surface area (Å²) in [5, 5.41) is 21.6. The van der Waals surface area contributed by atoms with Gasteiger partial charge in [-0.1, -0.05) is 32.3 Å². The summed E-state index contributed by atoms with van der Waals surface area (Å²) < 4.78 is 0. The highest BCUT2D eigenvalue weighted by Crippen LogP contribution is 2.59. The number of aliphatic imine (C=N–C) groups is 1. The van der Waals surface area contributed by atoms with E-state index >= 15 is 0 Å². The molecule has 3 aliphatic rings. The Labute approximate surface area is 144 Å². The van der Waals surface area contributed by atoms with E-state index in [9.17, 15) is 10.2 Å². The van der Waals surface area contributed by atoms with E-state index in [0.717, 1.165) is 62.3 Å². The van der Waals surface area contributed by atoms with E-state index in [1.165, 1.54) is 24.8 Å². The molecule has 0 spiro atoms. The Morgan fingerprint density at radius 2 is 1.96 bits per heavy atom. The highest BCUT2D eigenvalue weighted by molar-refractivity contribution is 6.02. The summed E-state index contributed by atoms with van der Waals surface area (Å²) in [6.45, 7) is 3.05. The van der Waals surface area contributed by atoms with Crippen molar-refractivity contribution in [2.75, 3.05) is 6.54 Å². The summed E-state index contributed by atoms with van der Waals surface area (Å²) in [7, 11) is 0. The summed E-state index contributed by atoms with van der Waals surface area (Å²) in [6, 6.07) is 5.70. The summed E-state index contributed by atoms with van der Waals surface area (Å²) in [4.78, 5) is 4.86. The number of phenols is 1. The standard InChI is InChI=1S/C21H29NO2/c1-2-16-8-9-17(23)12-18(16)20-10-3-4-11-21(20,24)19(13-20)22-14-15-6-5-7-15/h8-9,12,15,23-24H,2-7,10-11,13-14H2,1H3/b22-19+. The van der Waals surface area contributed by atoms with E-state index in [4.69, 9.17) is 4.99 Å². The zero-order valence-corrected chi connectivity index (χ0v) is 14.7. The molecule has 4 rings (SSSR count). The van der Waals surface area contributed by atoms with Gasteiger partial charge in [-0.05, 0) is 61.3 Å². The third-order valence-electron chi connectivity index (χ3n) is 6.89. The largest absolute Gasteiger partial charge is 0.508 e. The first-order valence-electron chi connectivity index (χ1n) is 9.67. The molecule has 130 valence electrons. The summed E-state index contributed by atoms with van der Waals surface area (Å²) in [6.07, 6.45) is 9.77. The van der Waals surface area contributed by atoms with Crippen LogP contribution in [0.5, 0.6) is 5.75 Å². The molecule has 3 nitrogen and oxygen atoms in total. The van der Waals surface area contributed by atoms with Crippen molar-refractivity contribution >= 4 is 5.71 Å². The Morgan fingerprint density at radius 1 is 1.17 bits per heavy atom. The smallest absolute Gasteiger partial charge is 0.115 e. The molecule has 0 saturated heterocycles. The number of aliphatic hydroxyl groups is 1. The highest BCUT2D eigenvalue weighted by Gasteiger charge is 2.64. The topological polar surface area (TPSA) is 52.8 Å². The van der Waals surface area contributed by atoms with E-state index in [1.807, 2.05) is 12.1 Å². The Bertz CT molecular complexity index is 664. The predicted octanol–water partition coefficient (Wildman–Crippen LogP) is 4.14. The zero-order chi connectivity index (χ0) is 16.8. The lowest BCUT2D eigenvalue weighted by molar-refractivity contribution is -0.0456. The van der Waals surface area contributed by atoms with Gasteiger partial charge in [-0.3, -0.25) is 4.99 Å². The predicted molar refractivity (Wildman–Crippen MR) is 96.8 cm³/mol. The minimum Gasteiger partial charge on any atom is -0.508 e. The van der Waals surface area contributed by atoms with Crippen LogP contribution in [0.15, 0.2) is 23.2 Å². The third kappa shape index (κ3) is 2.24. The van der Waals surface area contributed by atoms with Crippen molar-refractivity contribution in [2.45, 2.75) is 75.7 Å². The maximum Gasteiger partial charge on any atom is 0.115 e. The maximum atomic E-state index is 11.6. The molecular formula is C21H29NO2. The first-order chi connectivity index (χ1) is 11.6. The van der Waals surface area contributed by atoms with Crippen molar-refractivity contribution in [3.63, 3.8) is 0 Å². The molecule has 3 fully saturated rings. The second-order valence-corrected chi connectivity index (χ2v) is 8.11. The lowest BCUT2D eigenvalue weighted by Gasteiger charge is -2.60. The van der Waals surface area contributed by atoms with Gasteiger partial charge in [-0.2, -0.15) is 0 Å². The number of benzene rings is 1. The van der Waals surface area contributed by atoms with Gasteiger partial charge in [-0.25, -0.2) is 0 Å². The average Bonchev–Trinajstić information content (AvgIpc) is 2.53. The Morgan fingerprint density at radius 3 is 2.67 bits per heavy atom. The van der Waals surface area contributed by atoms with E-state index < -0.39 is 5.60 Å². The number of hydrogen-bond donors (Lipinski definition) is 2. The molecule has 1 aromatic carbocycles. The van der Waals surface area contributed by atoms with Gasteiger partial charge in [0.1, 0.15) is 11.4 Å². The van der Waals surface area contributed by atoms with Crippen molar-refractivity contribution in [1.29, 1.82) is 0 Å². The molecule has 0 bridgehead atoms. The number of nitrogens with zero attached hydrogens (tertiary/aromatic N) is 1. The van der Waals surface area contributed by atoms with Crippen molar-refractivity contribution < 1.29 is 10.2 Å². The van der Waals surface area contributed by atoms with Gasteiger partial charge in [0.15, 0.2) is 0 Å². The van der Waals surface area contributed by atoms with Gasteiger partial charge < -0.3 is 10.2 Å². The first kappa shape index (κ1) is 16.1. The van der Waals surface area contributed by atoms with Crippen LogP contribution in [0.25, 0.3) is 0 Å². The minimum absolute atomic E-state index is 0.228. The zero-order valence-electron chi connectivity index (χ0n) is 14.7. The van der Waals surface area contributed by atoms with Crippen LogP contribution in [0.2, 0.25) is 0 Å². The van der Waals surface area contributed by atoms with Crippen LogP contribution >= 0.6 is 0 Å². The number of aryl methyl sites for hydroxylation is 1. The molecule has 1 aromatic rings. The fourth-order valence-electron chi connectivity index (χ4n) is 5.11. The molecule has 3 aliphatic carbocycles. The second kappa shape index (κ2) is 5.87. The van der Waals surface area contributed by atoms with Crippen LogP contribution in [0.3, 0.4) is 0 Å². The van der Waals surface area contributed by atoms with E-state index in [1.54, 1.807) is 6.07 Å². The molecule has 0 heterocycles. The van der Waals surface area contributed by atoms with Crippen molar-refractivity contribution in [2.24, 2.45) is 10.9 Å². The molecule has 0 amide bonds. The lowest BCUT2D eigenvalue weighted by Crippen LogP contribution is -2.69. The molecular weight excluding hydrogens is 298 g/mol. The Balaban J connectivity index is 1.69. The number of aromatic hydroxyl groups is 1. The summed E-state index contributed by atoms with van der Waals surface area (Å²) in [5.74, 6) is 1.05. The van der Waals surface area contributed by atoms with E-state index in [0.29, 0.717) is 5.75 Å². The summed E-state index contributed by atoms with van der Waals surface area (Å²) >= 11 is 0. The molecule has 3 saturated carbocycles. The SMILES string of the molecule is CCc1ccc(O)cc1C12CCCCC1(O)/C(=N/CC1CCC1)C2. The van der Waals surface area contributed by atoms with Gasteiger partial charge >= 0.3 is 0 Å². The molecule has 0 aromatic heterocycles. The molecule has 0 radical (unpaired) electrons. The highest BCUT2D eigenvalue weighted by atomic mass is 16.3. The van der Waals surface area contributed by atoms with Gasteiger partial charge in [0.2, 0.25) is 0 Å². The van der Waals surface area contributed by atoms with Crippen LogP contribution in [-0.4, -0.2) is 28.1 Å². The summed E-state index contributed by atoms with van der Waals surface area (Å²) in [5.41, 5.74) is 2.43. The van der Waals surface area contributed by atoms with Crippen molar-refractivity contribution in [3.8, 4) is 5.75 Å². The number of rotatable bonds is 4. The van der Waals surface area contributed by atoms with Crippen LogP contribution in [0.1, 0.15) is 69.4 Å². The monoisotopic (exact) mass is 327 g/mol. The van der Waals surface area contributed by atoms with Crippen LogP contribution in [0.4, 0.5) is 0 Å². The lowest BCUT2D eigenvalue weighted by atomic mass is 9.46.